The second-order valence-corrected chi connectivity index (χ2v) is 4.88. The van der Waals surface area contributed by atoms with Crippen molar-refractivity contribution >= 4 is 0 Å². The van der Waals surface area contributed by atoms with Gasteiger partial charge >= 0.3 is 0 Å². The van der Waals surface area contributed by atoms with Crippen LogP contribution >= 0.6 is 0 Å². The summed E-state index contributed by atoms with van der Waals surface area (Å²) in [6.07, 6.45) is -4.34. The van der Waals surface area contributed by atoms with E-state index in [1.807, 2.05) is 18.2 Å². The van der Waals surface area contributed by atoms with Crippen molar-refractivity contribution in [1.82, 2.24) is 0 Å². The van der Waals surface area contributed by atoms with Crippen LogP contribution in [0.4, 0.5) is 0 Å². The number of allylic oxidation sites excluding steroid dienone is 1. The number of phenolic OH excluding ortho intramolecular Hbond substituents is 1. The topological polar surface area (TPSA) is 131 Å². The molecule has 0 aromatic heterocycles. The van der Waals surface area contributed by atoms with Crippen LogP contribution in [0.1, 0.15) is 5.56 Å². The van der Waals surface area contributed by atoms with Gasteiger partial charge in [-0.1, -0.05) is 18.2 Å². The first-order chi connectivity index (χ1) is 10.4. The second-order valence-electron chi connectivity index (χ2n) is 4.88. The molecular formula is C15H22O7. The molecule has 2 rings (SSSR count). The highest BCUT2D eigenvalue weighted by Crippen LogP contribution is 2.19. The summed E-state index contributed by atoms with van der Waals surface area (Å²) in [4.78, 5) is 0. The molecular weight excluding hydrogens is 292 g/mol. The lowest BCUT2D eigenvalue weighted by molar-refractivity contribution is -0.286. The molecule has 1 aromatic carbocycles. The molecule has 0 spiro atoms. The van der Waals surface area contributed by atoms with Gasteiger partial charge in [-0.25, -0.2) is 0 Å². The van der Waals surface area contributed by atoms with E-state index in [4.69, 9.17) is 30.6 Å². The van der Waals surface area contributed by atoms with E-state index in [-0.39, 0.29) is 0 Å². The molecule has 1 heterocycles. The molecule has 7 heteroatoms. The van der Waals surface area contributed by atoms with E-state index in [0.717, 1.165) is 6.42 Å². The molecule has 6 N–H and O–H groups in total. The van der Waals surface area contributed by atoms with Crippen molar-refractivity contribution in [2.75, 3.05) is 6.61 Å². The Balaban J connectivity index is 0.000000224. The SMILES string of the molecule is C=CCc1ccc(O)cc1.OC[C@H]1O[C@@H](O)[C@H](O)[C@@H](O)[C@@H]1O. The number of hydrogen-bond acceptors (Lipinski definition) is 7. The zero-order valence-electron chi connectivity index (χ0n) is 12.0. The van der Waals surface area contributed by atoms with Crippen molar-refractivity contribution < 1.29 is 35.4 Å². The number of aromatic hydroxyl groups is 1. The van der Waals surface area contributed by atoms with Gasteiger partial charge in [-0.05, 0) is 24.1 Å². The quantitative estimate of drug-likeness (QED) is 0.390. The van der Waals surface area contributed by atoms with Crippen LogP contribution in [-0.2, 0) is 11.2 Å². The van der Waals surface area contributed by atoms with E-state index in [1.165, 1.54) is 5.56 Å². The van der Waals surface area contributed by atoms with Gasteiger partial charge in [0, 0.05) is 0 Å². The number of hydrogen-bond donors (Lipinski definition) is 6. The first-order valence-electron chi connectivity index (χ1n) is 6.78. The Hall–Kier alpha value is -1.48. The third kappa shape index (κ3) is 5.06. The van der Waals surface area contributed by atoms with Gasteiger partial charge in [-0.3, -0.25) is 0 Å². The van der Waals surface area contributed by atoms with Crippen LogP contribution in [-0.4, -0.2) is 68.0 Å². The summed E-state index contributed by atoms with van der Waals surface area (Å²) in [5.41, 5.74) is 1.17. The molecule has 0 amide bonds. The van der Waals surface area contributed by atoms with E-state index in [9.17, 15) is 0 Å². The monoisotopic (exact) mass is 314 g/mol. The van der Waals surface area contributed by atoms with E-state index in [2.05, 4.69) is 11.3 Å². The molecule has 1 aromatic rings. The lowest BCUT2D eigenvalue weighted by Gasteiger charge is -2.37. The Labute approximate surface area is 128 Å². The van der Waals surface area contributed by atoms with Crippen LogP contribution in [0.25, 0.3) is 0 Å². The summed E-state index contributed by atoms with van der Waals surface area (Å²) >= 11 is 0. The molecule has 1 aliphatic rings. The van der Waals surface area contributed by atoms with Crippen LogP contribution in [0.3, 0.4) is 0 Å². The Kier molecular flexibility index (Phi) is 7.46. The Morgan fingerprint density at radius 3 is 2.09 bits per heavy atom. The molecule has 1 saturated heterocycles. The largest absolute Gasteiger partial charge is 0.508 e. The van der Waals surface area contributed by atoms with Crippen molar-refractivity contribution in [1.29, 1.82) is 0 Å². The third-order valence-electron chi connectivity index (χ3n) is 3.18. The number of ether oxygens (including phenoxy) is 1. The summed E-state index contributed by atoms with van der Waals surface area (Å²) in [7, 11) is 0. The minimum Gasteiger partial charge on any atom is -0.508 e. The summed E-state index contributed by atoms with van der Waals surface area (Å²) < 4.78 is 4.58. The standard InChI is InChI=1S/C9H10O.C6H12O6/c1-2-3-8-4-6-9(10)7-5-8;7-1-2-3(8)4(9)5(10)6(11)12-2/h2,4-7,10H,1,3H2;2-11H,1H2/t;2-,3-,4+,5-,6-/m.1/s1. The normalized spacial score (nSPS) is 31.0. The third-order valence-corrected chi connectivity index (χ3v) is 3.18. The maximum absolute atomic E-state index is 9.12. The highest BCUT2D eigenvalue weighted by Gasteiger charge is 2.42. The van der Waals surface area contributed by atoms with Crippen LogP contribution < -0.4 is 0 Å². The number of phenols is 1. The predicted octanol–water partition coefficient (Wildman–Crippen LogP) is -1.10. The zero-order chi connectivity index (χ0) is 16.7. The highest BCUT2D eigenvalue weighted by molar-refractivity contribution is 5.26. The van der Waals surface area contributed by atoms with Gasteiger partial charge in [0.1, 0.15) is 30.2 Å². The van der Waals surface area contributed by atoms with Gasteiger partial charge in [-0.15, -0.1) is 6.58 Å². The maximum Gasteiger partial charge on any atom is 0.184 e. The van der Waals surface area contributed by atoms with Gasteiger partial charge in [0.25, 0.3) is 0 Å². The van der Waals surface area contributed by atoms with E-state index < -0.39 is 37.3 Å². The molecule has 0 aliphatic carbocycles. The van der Waals surface area contributed by atoms with Crippen LogP contribution in [0, 0.1) is 0 Å². The first kappa shape index (κ1) is 18.6. The molecule has 7 nitrogen and oxygen atoms in total. The van der Waals surface area contributed by atoms with Crippen LogP contribution in [0.2, 0.25) is 0 Å². The van der Waals surface area contributed by atoms with Gasteiger partial charge in [0.15, 0.2) is 6.29 Å². The minimum absolute atomic E-state index is 0.313. The lowest BCUT2D eigenvalue weighted by Crippen LogP contribution is -2.58. The highest BCUT2D eigenvalue weighted by atomic mass is 16.6. The Morgan fingerprint density at radius 2 is 1.59 bits per heavy atom. The lowest BCUT2D eigenvalue weighted by atomic mass is 10.00. The average Bonchev–Trinajstić information content (AvgIpc) is 2.52. The van der Waals surface area contributed by atoms with Crippen molar-refractivity contribution in [3.8, 4) is 5.75 Å². The fraction of sp³-hybridized carbons (Fsp3) is 0.467. The number of benzene rings is 1. The summed E-state index contributed by atoms with van der Waals surface area (Å²) in [5, 5.41) is 53.6. The molecule has 124 valence electrons. The van der Waals surface area contributed by atoms with E-state index in [0.29, 0.717) is 5.75 Å². The smallest absolute Gasteiger partial charge is 0.184 e. The fourth-order valence-corrected chi connectivity index (χ4v) is 1.88. The van der Waals surface area contributed by atoms with Gasteiger partial charge in [-0.2, -0.15) is 0 Å². The molecule has 22 heavy (non-hydrogen) atoms. The van der Waals surface area contributed by atoms with E-state index >= 15 is 0 Å². The summed E-state index contributed by atoms with van der Waals surface area (Å²) in [5.74, 6) is 0.313. The van der Waals surface area contributed by atoms with Crippen molar-refractivity contribution in [3.63, 3.8) is 0 Å². The zero-order valence-corrected chi connectivity index (χ0v) is 12.0. The molecule has 0 radical (unpaired) electrons. The van der Waals surface area contributed by atoms with Crippen LogP contribution in [0.5, 0.6) is 5.75 Å². The molecule has 5 atom stereocenters. The van der Waals surface area contributed by atoms with Gasteiger partial charge in [0.05, 0.1) is 6.61 Å². The Morgan fingerprint density at radius 1 is 1.00 bits per heavy atom. The minimum atomic E-state index is -1.57. The average molecular weight is 314 g/mol. The molecule has 0 bridgehead atoms. The molecule has 1 aliphatic heterocycles. The number of rotatable bonds is 3. The maximum atomic E-state index is 9.12. The van der Waals surface area contributed by atoms with Crippen LogP contribution in [0.15, 0.2) is 36.9 Å². The molecule has 0 unspecified atom stereocenters. The first-order valence-corrected chi connectivity index (χ1v) is 6.78. The van der Waals surface area contributed by atoms with Gasteiger partial charge < -0.3 is 35.4 Å². The van der Waals surface area contributed by atoms with Crippen molar-refractivity contribution in [3.05, 3.63) is 42.5 Å². The summed E-state index contributed by atoms with van der Waals surface area (Å²) in [6.45, 7) is 3.09. The second kappa shape index (κ2) is 8.84. The van der Waals surface area contributed by atoms with Crippen molar-refractivity contribution in [2.45, 2.75) is 37.1 Å². The number of aliphatic hydroxyl groups excluding tert-OH is 5. The summed E-state index contributed by atoms with van der Waals surface area (Å²) in [6, 6.07) is 7.13. The molecule has 0 saturated carbocycles. The Bertz CT molecular complexity index is 443. The fourth-order valence-electron chi connectivity index (χ4n) is 1.88. The van der Waals surface area contributed by atoms with Crippen molar-refractivity contribution in [2.24, 2.45) is 0 Å². The predicted molar refractivity (Wildman–Crippen MR) is 78.0 cm³/mol. The molecule has 1 fully saturated rings. The van der Waals surface area contributed by atoms with E-state index in [1.54, 1.807) is 12.1 Å². The number of aliphatic hydroxyl groups is 5. The van der Waals surface area contributed by atoms with Gasteiger partial charge in [0.2, 0.25) is 0 Å².